The van der Waals surface area contributed by atoms with E-state index in [1.165, 1.54) is 7.11 Å². The predicted octanol–water partition coefficient (Wildman–Crippen LogP) is 5.03. The minimum Gasteiger partial charge on any atom is -0.492 e. The minimum atomic E-state index is -1.15. The van der Waals surface area contributed by atoms with Crippen molar-refractivity contribution in [1.82, 2.24) is 9.78 Å². The van der Waals surface area contributed by atoms with E-state index in [2.05, 4.69) is 24.7 Å². The largest absolute Gasteiger partial charge is 0.492 e. The van der Waals surface area contributed by atoms with Crippen molar-refractivity contribution in [2.24, 2.45) is 0 Å². The summed E-state index contributed by atoms with van der Waals surface area (Å²) in [5.74, 6) is -0.640. The molecule has 174 valence electrons. The normalized spacial score (nSPS) is 12.4. The fourth-order valence-electron chi connectivity index (χ4n) is 3.31. The number of allylic oxidation sites excluding steroid dienone is 1. The number of ether oxygens (including phenoxy) is 3. The van der Waals surface area contributed by atoms with Crippen LogP contribution in [0.25, 0.3) is 16.7 Å². The van der Waals surface area contributed by atoms with Crippen LogP contribution in [-0.2, 0) is 25.7 Å². The van der Waals surface area contributed by atoms with Gasteiger partial charge in [0.2, 0.25) is 5.76 Å². The van der Waals surface area contributed by atoms with E-state index in [0.29, 0.717) is 30.8 Å². The Morgan fingerprint density at radius 3 is 2.48 bits per heavy atom. The second-order valence-electron chi connectivity index (χ2n) is 9.02. The average Bonchev–Trinajstić information content (AvgIpc) is 3.20. The first-order valence-electron chi connectivity index (χ1n) is 10.8. The Labute approximate surface area is 195 Å². The van der Waals surface area contributed by atoms with E-state index in [9.17, 15) is 9.59 Å². The fourth-order valence-corrected chi connectivity index (χ4v) is 4.07. The molecule has 3 aromatic rings. The van der Waals surface area contributed by atoms with E-state index in [1.807, 2.05) is 25.3 Å². The maximum atomic E-state index is 12.4. The SMILES string of the molecule is COC(=C(C=O)OC(=O)c1ccccc1)c1cc(C)c2nn(COCC[Si](C)(C)C)cc2c1. The van der Waals surface area contributed by atoms with Gasteiger partial charge in [-0.15, -0.1) is 0 Å². The Bertz CT molecular complexity index is 1160. The average molecular weight is 467 g/mol. The summed E-state index contributed by atoms with van der Waals surface area (Å²) in [5, 5.41) is 5.49. The van der Waals surface area contributed by atoms with Crippen LogP contribution < -0.4 is 0 Å². The van der Waals surface area contributed by atoms with Crippen LogP contribution in [0.1, 0.15) is 21.5 Å². The molecule has 0 amide bonds. The fraction of sp³-hybridized carbons (Fsp3) is 0.320. The standard InChI is InChI=1S/C25H30N2O5Si/c1-18-13-20(14-21-15-27(26-23(18)21)17-31-11-12-33(3,4)5)24(30-2)22(16-28)32-25(29)19-9-7-6-8-10-19/h6-10,13-16H,11-12,17H2,1-5H3. The van der Waals surface area contributed by atoms with Crippen molar-refractivity contribution < 1.29 is 23.8 Å². The van der Waals surface area contributed by atoms with Gasteiger partial charge in [0, 0.05) is 31.8 Å². The number of nitrogens with zero attached hydrogens (tertiary/aromatic N) is 2. The first kappa shape index (κ1) is 24.4. The highest BCUT2D eigenvalue weighted by atomic mass is 28.3. The zero-order chi connectivity index (χ0) is 24.0. The number of rotatable bonds is 10. The molecule has 0 N–H and O–H groups in total. The van der Waals surface area contributed by atoms with Crippen LogP contribution in [0.5, 0.6) is 0 Å². The van der Waals surface area contributed by atoms with Crippen molar-refractivity contribution in [2.45, 2.75) is 39.3 Å². The molecule has 0 bridgehead atoms. The minimum absolute atomic E-state index is 0.179. The third-order valence-electron chi connectivity index (χ3n) is 5.08. The van der Waals surface area contributed by atoms with E-state index < -0.39 is 14.0 Å². The number of hydrogen-bond acceptors (Lipinski definition) is 6. The van der Waals surface area contributed by atoms with Crippen molar-refractivity contribution in [3.8, 4) is 0 Å². The van der Waals surface area contributed by atoms with E-state index in [1.54, 1.807) is 35.0 Å². The zero-order valence-electron chi connectivity index (χ0n) is 19.8. The van der Waals surface area contributed by atoms with Gasteiger partial charge in [0.15, 0.2) is 12.0 Å². The smallest absolute Gasteiger partial charge is 0.343 e. The Kier molecular flexibility index (Phi) is 7.83. The quantitative estimate of drug-likeness (QED) is 0.104. The van der Waals surface area contributed by atoms with Gasteiger partial charge in [0.05, 0.1) is 18.2 Å². The number of methoxy groups -OCH3 is 1. The molecule has 0 saturated carbocycles. The van der Waals surface area contributed by atoms with E-state index in [0.717, 1.165) is 22.5 Å². The highest BCUT2D eigenvalue weighted by molar-refractivity contribution is 6.76. The molecule has 7 nitrogen and oxygen atoms in total. The summed E-state index contributed by atoms with van der Waals surface area (Å²) in [6.07, 6.45) is 2.37. The number of aryl methyl sites for hydroxylation is 1. The molecule has 33 heavy (non-hydrogen) atoms. The number of aldehydes is 1. The van der Waals surface area contributed by atoms with Gasteiger partial charge in [-0.3, -0.25) is 4.79 Å². The van der Waals surface area contributed by atoms with Gasteiger partial charge in [-0.1, -0.05) is 37.8 Å². The molecule has 0 spiro atoms. The van der Waals surface area contributed by atoms with Gasteiger partial charge in [0.1, 0.15) is 6.73 Å². The van der Waals surface area contributed by atoms with Crippen molar-refractivity contribution in [3.63, 3.8) is 0 Å². The summed E-state index contributed by atoms with van der Waals surface area (Å²) in [7, 11) is 0.288. The van der Waals surface area contributed by atoms with Crippen LogP contribution >= 0.6 is 0 Å². The summed E-state index contributed by atoms with van der Waals surface area (Å²) < 4.78 is 18.4. The highest BCUT2D eigenvalue weighted by Gasteiger charge is 2.18. The van der Waals surface area contributed by atoms with Gasteiger partial charge in [-0.2, -0.15) is 5.10 Å². The molecule has 0 atom stereocenters. The molecular weight excluding hydrogens is 436 g/mol. The Balaban J connectivity index is 1.85. The van der Waals surface area contributed by atoms with Crippen LogP contribution in [-0.4, -0.2) is 43.8 Å². The van der Waals surface area contributed by atoms with Gasteiger partial charge in [0.25, 0.3) is 0 Å². The van der Waals surface area contributed by atoms with Gasteiger partial charge < -0.3 is 14.2 Å². The molecule has 0 aliphatic rings. The Morgan fingerprint density at radius 1 is 1.12 bits per heavy atom. The molecule has 0 radical (unpaired) electrons. The third kappa shape index (κ3) is 6.40. The number of hydrogen-bond donors (Lipinski definition) is 0. The van der Waals surface area contributed by atoms with E-state index >= 15 is 0 Å². The highest BCUT2D eigenvalue weighted by Crippen LogP contribution is 2.27. The lowest BCUT2D eigenvalue weighted by Crippen LogP contribution is -2.22. The number of carbonyl (C=O) groups is 2. The molecule has 0 aliphatic carbocycles. The first-order valence-corrected chi connectivity index (χ1v) is 14.5. The van der Waals surface area contributed by atoms with Crippen LogP contribution in [0.15, 0.2) is 54.4 Å². The van der Waals surface area contributed by atoms with Crippen molar-refractivity contribution >= 4 is 37.0 Å². The van der Waals surface area contributed by atoms with Crippen LogP contribution in [0.2, 0.25) is 25.7 Å². The predicted molar refractivity (Wildman–Crippen MR) is 130 cm³/mol. The van der Waals surface area contributed by atoms with Crippen LogP contribution in [0.4, 0.5) is 0 Å². The third-order valence-corrected chi connectivity index (χ3v) is 6.78. The van der Waals surface area contributed by atoms with Gasteiger partial charge in [-0.05, 0) is 42.8 Å². The van der Waals surface area contributed by atoms with Crippen molar-refractivity contribution in [1.29, 1.82) is 0 Å². The van der Waals surface area contributed by atoms with Gasteiger partial charge >= 0.3 is 5.97 Å². The molecule has 3 rings (SSSR count). The summed E-state index contributed by atoms with van der Waals surface area (Å²) in [4.78, 5) is 24.2. The van der Waals surface area contributed by atoms with Gasteiger partial charge in [-0.25, -0.2) is 9.48 Å². The molecule has 0 aliphatic heterocycles. The molecule has 8 heteroatoms. The summed E-state index contributed by atoms with van der Waals surface area (Å²) >= 11 is 0. The maximum absolute atomic E-state index is 12.4. The van der Waals surface area contributed by atoms with Crippen LogP contribution in [0.3, 0.4) is 0 Å². The number of aromatic nitrogens is 2. The lowest BCUT2D eigenvalue weighted by atomic mass is 10.1. The number of benzene rings is 2. The molecule has 1 aromatic heterocycles. The lowest BCUT2D eigenvalue weighted by molar-refractivity contribution is -0.107. The second-order valence-corrected chi connectivity index (χ2v) is 14.6. The number of carbonyl (C=O) groups excluding carboxylic acids is 2. The lowest BCUT2D eigenvalue weighted by Gasteiger charge is -2.15. The summed E-state index contributed by atoms with van der Waals surface area (Å²) in [6.45, 7) is 9.95. The van der Waals surface area contributed by atoms with E-state index in [4.69, 9.17) is 14.2 Å². The van der Waals surface area contributed by atoms with Crippen molar-refractivity contribution in [2.75, 3.05) is 13.7 Å². The number of esters is 1. The number of fused-ring (bicyclic) bond motifs is 1. The molecule has 0 unspecified atom stereocenters. The molecule has 0 saturated heterocycles. The zero-order valence-corrected chi connectivity index (χ0v) is 20.8. The summed E-state index contributed by atoms with van der Waals surface area (Å²) in [5.41, 5.74) is 2.69. The molecule has 1 heterocycles. The molecule has 2 aromatic carbocycles. The summed E-state index contributed by atoms with van der Waals surface area (Å²) in [6, 6.07) is 13.3. The second kappa shape index (κ2) is 10.6. The first-order chi connectivity index (χ1) is 15.7. The van der Waals surface area contributed by atoms with E-state index in [-0.39, 0.29) is 11.5 Å². The molecule has 0 fully saturated rings. The Morgan fingerprint density at radius 2 is 1.85 bits per heavy atom. The van der Waals surface area contributed by atoms with Crippen molar-refractivity contribution in [3.05, 3.63) is 71.1 Å². The molecular formula is C25H30N2O5Si. The topological polar surface area (TPSA) is 79.7 Å². The van der Waals surface area contributed by atoms with Crippen LogP contribution in [0, 0.1) is 6.92 Å². The Hall–Kier alpha value is -3.23. The maximum Gasteiger partial charge on any atom is 0.343 e. The monoisotopic (exact) mass is 466 g/mol.